The third-order valence-electron chi connectivity index (χ3n) is 8.61. The molecule has 6 nitrogen and oxygen atoms in total. The van der Waals surface area contributed by atoms with Gasteiger partial charge in [0.25, 0.3) is 5.91 Å². The van der Waals surface area contributed by atoms with E-state index in [2.05, 4.69) is 0 Å². The van der Waals surface area contributed by atoms with Gasteiger partial charge in [0.05, 0.1) is 10.0 Å². The molecule has 2 saturated heterocycles. The number of carbonyl (C=O) groups excluding carboxylic acids is 3. The SMILES string of the molecule is CC(=O)N1CCC(C(=O)N2CC[C@@H](N(C)C(=O)c3ccc(-c4ccccc4)cc3)C(c3ccc(Cl)c(Cl)c3)C2)CC1. The van der Waals surface area contributed by atoms with E-state index < -0.39 is 0 Å². The Morgan fingerprint density at radius 3 is 2.05 bits per heavy atom. The van der Waals surface area contributed by atoms with Crippen LogP contribution in [0.5, 0.6) is 0 Å². The van der Waals surface area contributed by atoms with Gasteiger partial charge in [0, 0.05) is 63.6 Å². The zero-order valence-electron chi connectivity index (χ0n) is 23.4. The van der Waals surface area contributed by atoms with Crippen LogP contribution in [-0.2, 0) is 9.59 Å². The zero-order chi connectivity index (χ0) is 29.1. The molecule has 5 rings (SSSR count). The molecule has 0 spiro atoms. The first-order valence-corrected chi connectivity index (χ1v) is 14.9. The van der Waals surface area contributed by atoms with Crippen molar-refractivity contribution in [2.75, 3.05) is 33.2 Å². The predicted molar refractivity (Wildman–Crippen MR) is 163 cm³/mol. The van der Waals surface area contributed by atoms with E-state index >= 15 is 0 Å². The molecule has 0 radical (unpaired) electrons. The van der Waals surface area contributed by atoms with E-state index in [9.17, 15) is 14.4 Å². The zero-order valence-corrected chi connectivity index (χ0v) is 24.9. The molecule has 0 bridgehead atoms. The molecule has 2 fully saturated rings. The number of hydrogen-bond donors (Lipinski definition) is 0. The minimum atomic E-state index is -0.128. The largest absolute Gasteiger partial charge is 0.343 e. The molecule has 214 valence electrons. The first-order chi connectivity index (χ1) is 19.7. The van der Waals surface area contributed by atoms with Crippen molar-refractivity contribution in [3.8, 4) is 11.1 Å². The van der Waals surface area contributed by atoms with Gasteiger partial charge in [-0.25, -0.2) is 0 Å². The van der Waals surface area contributed by atoms with Crippen LogP contribution in [-0.4, -0.2) is 71.7 Å². The van der Waals surface area contributed by atoms with Crippen molar-refractivity contribution in [3.05, 3.63) is 94.0 Å². The van der Waals surface area contributed by atoms with Gasteiger partial charge in [-0.2, -0.15) is 0 Å². The summed E-state index contributed by atoms with van der Waals surface area (Å²) in [5.74, 6) is -0.103. The molecular formula is C33H35Cl2N3O3. The lowest BCUT2D eigenvalue weighted by Crippen LogP contribution is -2.53. The van der Waals surface area contributed by atoms with Crippen LogP contribution in [0, 0.1) is 5.92 Å². The van der Waals surface area contributed by atoms with Crippen molar-refractivity contribution >= 4 is 40.9 Å². The maximum atomic E-state index is 13.7. The maximum absolute atomic E-state index is 13.7. The summed E-state index contributed by atoms with van der Waals surface area (Å²) < 4.78 is 0. The Hall–Kier alpha value is -3.35. The standard InChI is InChI=1S/C33H35Cl2N3O3/c1-22(39)37-17-14-26(15-18-37)33(41)38-19-16-31(28(21-38)27-12-13-29(34)30(35)20-27)36(2)32(40)25-10-8-24(9-11-25)23-6-4-3-5-7-23/h3-13,20,26,28,31H,14-19,21H2,1-2H3/t28?,31-/m1/s1. The van der Waals surface area contributed by atoms with Crippen molar-refractivity contribution in [3.63, 3.8) is 0 Å². The van der Waals surface area contributed by atoms with E-state index in [1.54, 1.807) is 13.0 Å². The molecule has 1 unspecified atom stereocenters. The Bertz CT molecular complexity index is 1400. The molecule has 0 N–H and O–H groups in total. The Morgan fingerprint density at radius 1 is 0.780 bits per heavy atom. The molecule has 2 heterocycles. The summed E-state index contributed by atoms with van der Waals surface area (Å²) in [5, 5.41) is 0.921. The molecule has 0 saturated carbocycles. The molecule has 3 aromatic carbocycles. The number of piperidine rings is 2. The highest BCUT2D eigenvalue weighted by Crippen LogP contribution is 2.36. The highest BCUT2D eigenvalue weighted by molar-refractivity contribution is 6.42. The number of benzene rings is 3. The third kappa shape index (κ3) is 6.44. The molecule has 8 heteroatoms. The van der Waals surface area contributed by atoms with Crippen LogP contribution in [0.3, 0.4) is 0 Å². The Labute approximate surface area is 251 Å². The lowest BCUT2D eigenvalue weighted by Gasteiger charge is -2.44. The summed E-state index contributed by atoms with van der Waals surface area (Å²) in [6, 6.07) is 23.2. The van der Waals surface area contributed by atoms with Crippen LogP contribution in [0.15, 0.2) is 72.8 Å². The van der Waals surface area contributed by atoms with Crippen molar-refractivity contribution in [1.29, 1.82) is 0 Å². The van der Waals surface area contributed by atoms with Gasteiger partial charge in [-0.1, -0.05) is 71.7 Å². The fraction of sp³-hybridized carbons (Fsp3) is 0.364. The molecule has 2 atom stereocenters. The minimum absolute atomic E-state index is 0.0544. The lowest BCUT2D eigenvalue weighted by molar-refractivity contribution is -0.141. The van der Waals surface area contributed by atoms with Crippen LogP contribution in [0.4, 0.5) is 0 Å². The fourth-order valence-electron chi connectivity index (χ4n) is 6.16. The second-order valence-corrected chi connectivity index (χ2v) is 11.9. The molecule has 41 heavy (non-hydrogen) atoms. The Kier molecular flexibility index (Phi) is 9.00. The van der Waals surface area contributed by atoms with Crippen molar-refractivity contribution in [2.24, 2.45) is 5.92 Å². The summed E-state index contributed by atoms with van der Waals surface area (Å²) in [6.45, 7) is 3.85. The third-order valence-corrected chi connectivity index (χ3v) is 9.35. The first-order valence-electron chi connectivity index (χ1n) is 14.1. The van der Waals surface area contributed by atoms with E-state index in [-0.39, 0.29) is 35.6 Å². The molecule has 2 aliphatic rings. The molecule has 3 amide bonds. The second-order valence-electron chi connectivity index (χ2n) is 11.1. The fourth-order valence-corrected chi connectivity index (χ4v) is 6.47. The average Bonchev–Trinajstić information content (AvgIpc) is 3.01. The quantitative estimate of drug-likeness (QED) is 0.346. The van der Waals surface area contributed by atoms with Crippen LogP contribution >= 0.6 is 23.2 Å². The summed E-state index contributed by atoms with van der Waals surface area (Å²) in [5.41, 5.74) is 3.73. The van der Waals surface area contributed by atoms with Gasteiger partial charge in [-0.3, -0.25) is 14.4 Å². The number of likely N-dealkylation sites (N-methyl/N-ethyl adjacent to an activating group) is 1. The van der Waals surface area contributed by atoms with Crippen molar-refractivity contribution < 1.29 is 14.4 Å². The summed E-state index contributed by atoms with van der Waals surface area (Å²) >= 11 is 12.7. The highest BCUT2D eigenvalue weighted by Gasteiger charge is 2.39. The van der Waals surface area contributed by atoms with Gasteiger partial charge in [0.15, 0.2) is 0 Å². The normalized spacial score (nSPS) is 19.6. The molecule has 3 aromatic rings. The van der Waals surface area contributed by atoms with Crippen LogP contribution in [0.1, 0.15) is 48.0 Å². The van der Waals surface area contributed by atoms with E-state index in [0.717, 1.165) is 16.7 Å². The van der Waals surface area contributed by atoms with Gasteiger partial charge in [-0.15, -0.1) is 0 Å². The number of nitrogens with zero attached hydrogens (tertiary/aromatic N) is 3. The van der Waals surface area contributed by atoms with Gasteiger partial charge >= 0.3 is 0 Å². The predicted octanol–water partition coefficient (Wildman–Crippen LogP) is 6.38. The second kappa shape index (κ2) is 12.7. The van der Waals surface area contributed by atoms with E-state index in [4.69, 9.17) is 23.2 Å². The van der Waals surface area contributed by atoms with Crippen molar-refractivity contribution in [1.82, 2.24) is 14.7 Å². The van der Waals surface area contributed by atoms with Crippen LogP contribution in [0.25, 0.3) is 11.1 Å². The first kappa shape index (κ1) is 29.2. The topological polar surface area (TPSA) is 60.9 Å². The highest BCUT2D eigenvalue weighted by atomic mass is 35.5. The molecule has 0 aromatic heterocycles. The number of amides is 3. The number of carbonyl (C=O) groups is 3. The Morgan fingerprint density at radius 2 is 1.41 bits per heavy atom. The van der Waals surface area contributed by atoms with Gasteiger partial charge < -0.3 is 14.7 Å². The van der Waals surface area contributed by atoms with Gasteiger partial charge in [0.2, 0.25) is 11.8 Å². The monoisotopic (exact) mass is 591 g/mol. The number of rotatable bonds is 5. The van der Waals surface area contributed by atoms with Gasteiger partial charge in [0.1, 0.15) is 0 Å². The molecule has 0 aliphatic carbocycles. The number of halogens is 2. The number of hydrogen-bond acceptors (Lipinski definition) is 3. The average molecular weight is 593 g/mol. The minimum Gasteiger partial charge on any atom is -0.343 e. The van der Waals surface area contributed by atoms with Crippen LogP contribution < -0.4 is 0 Å². The van der Waals surface area contributed by atoms with E-state index in [1.165, 1.54) is 0 Å². The summed E-state index contributed by atoms with van der Waals surface area (Å²) in [4.78, 5) is 44.6. The van der Waals surface area contributed by atoms with E-state index in [1.807, 2.05) is 88.5 Å². The van der Waals surface area contributed by atoms with Gasteiger partial charge in [-0.05, 0) is 60.2 Å². The van der Waals surface area contributed by atoms with E-state index in [0.29, 0.717) is 61.1 Å². The lowest BCUT2D eigenvalue weighted by atomic mass is 9.83. The van der Waals surface area contributed by atoms with Crippen LogP contribution in [0.2, 0.25) is 10.0 Å². The Balaban J connectivity index is 1.35. The van der Waals surface area contributed by atoms with Crippen molar-refractivity contribution in [2.45, 2.75) is 38.1 Å². The molecule has 2 aliphatic heterocycles. The number of likely N-dealkylation sites (tertiary alicyclic amines) is 2. The smallest absolute Gasteiger partial charge is 0.253 e. The summed E-state index contributed by atoms with van der Waals surface area (Å²) in [7, 11) is 1.84. The summed E-state index contributed by atoms with van der Waals surface area (Å²) in [6.07, 6.45) is 1.99. The maximum Gasteiger partial charge on any atom is 0.253 e. The molecular weight excluding hydrogens is 557 g/mol.